The highest BCUT2D eigenvalue weighted by atomic mass is 15.4. The maximum Gasteiger partial charge on any atom is 0.195 e. The van der Waals surface area contributed by atoms with Gasteiger partial charge in [0, 0.05) is 12.6 Å². The van der Waals surface area contributed by atoms with Crippen LogP contribution in [-0.4, -0.2) is 38.9 Å². The Morgan fingerprint density at radius 2 is 2.06 bits per heavy atom. The van der Waals surface area contributed by atoms with Gasteiger partial charge in [0.25, 0.3) is 0 Å². The lowest BCUT2D eigenvalue weighted by Crippen LogP contribution is -2.36. The number of quaternary nitrogens is 1. The van der Waals surface area contributed by atoms with Gasteiger partial charge in [-0.3, -0.25) is 4.48 Å². The Hall–Kier alpha value is -1.19. The van der Waals surface area contributed by atoms with E-state index in [4.69, 9.17) is 0 Å². The number of hydrogen-bond donors (Lipinski definition) is 0. The monoisotopic (exact) mass is 218 g/mol. The Labute approximate surface area is 97.6 Å². The molecule has 1 aliphatic rings. The Kier molecular flexibility index (Phi) is 2.82. The maximum atomic E-state index is 4.56. The van der Waals surface area contributed by atoms with Crippen molar-refractivity contribution in [2.24, 2.45) is 4.99 Å². The van der Waals surface area contributed by atoms with Crippen LogP contribution in [0.25, 0.3) is 0 Å². The van der Waals surface area contributed by atoms with Gasteiger partial charge in [0.1, 0.15) is 5.69 Å². The first-order valence-corrected chi connectivity index (χ1v) is 5.74. The molecule has 86 valence electrons. The maximum absolute atomic E-state index is 4.56. The third-order valence-electron chi connectivity index (χ3n) is 3.17. The molecule has 0 amide bonds. The van der Waals surface area contributed by atoms with Crippen LogP contribution >= 0.6 is 0 Å². The van der Waals surface area contributed by atoms with Crippen LogP contribution in [0.4, 0.5) is 11.4 Å². The minimum atomic E-state index is 0.749. The van der Waals surface area contributed by atoms with Crippen molar-refractivity contribution in [2.75, 3.05) is 27.7 Å². The van der Waals surface area contributed by atoms with Crippen LogP contribution in [0, 0.1) is 0 Å². The predicted octanol–water partition coefficient (Wildman–Crippen LogP) is 2.38. The number of para-hydroxylation sites is 1. The lowest BCUT2D eigenvalue weighted by atomic mass is 10.1. The normalized spacial score (nSPS) is 16.8. The second kappa shape index (κ2) is 4.00. The van der Waals surface area contributed by atoms with Crippen LogP contribution in [0.5, 0.6) is 0 Å². The zero-order valence-corrected chi connectivity index (χ0v) is 10.6. The third kappa shape index (κ3) is 1.88. The number of rotatable bonds is 3. The van der Waals surface area contributed by atoms with Gasteiger partial charge >= 0.3 is 0 Å². The lowest BCUT2D eigenvalue weighted by Gasteiger charge is -2.20. The van der Waals surface area contributed by atoms with Gasteiger partial charge in [-0.15, -0.1) is 0 Å². The molecular weight excluding hydrogens is 198 g/mol. The second-order valence-electron chi connectivity index (χ2n) is 4.90. The highest BCUT2D eigenvalue weighted by Crippen LogP contribution is 2.38. The van der Waals surface area contributed by atoms with Gasteiger partial charge < -0.3 is 4.90 Å². The van der Waals surface area contributed by atoms with Crippen LogP contribution in [0.1, 0.15) is 12.5 Å². The van der Waals surface area contributed by atoms with E-state index in [1.54, 1.807) is 0 Å². The molecule has 0 aliphatic carbocycles. The fourth-order valence-corrected chi connectivity index (χ4v) is 1.99. The number of fused-ring (bicyclic) bond motifs is 1. The lowest BCUT2D eigenvalue weighted by molar-refractivity contribution is 0.346. The van der Waals surface area contributed by atoms with E-state index in [2.05, 4.69) is 56.2 Å². The summed E-state index contributed by atoms with van der Waals surface area (Å²) in [7, 11) is 6.45. The summed E-state index contributed by atoms with van der Waals surface area (Å²) in [6, 6.07) is 6.47. The zero-order valence-electron chi connectivity index (χ0n) is 10.6. The van der Waals surface area contributed by atoms with E-state index in [1.165, 1.54) is 11.3 Å². The predicted molar refractivity (Wildman–Crippen MR) is 70.2 cm³/mol. The van der Waals surface area contributed by atoms with Crippen LogP contribution < -0.4 is 4.48 Å². The highest BCUT2D eigenvalue weighted by molar-refractivity contribution is 5.89. The molecule has 0 spiro atoms. The molecule has 2 rings (SSSR count). The summed E-state index contributed by atoms with van der Waals surface area (Å²) in [4.78, 5) is 6.85. The van der Waals surface area contributed by atoms with E-state index in [0.29, 0.717) is 0 Å². The van der Waals surface area contributed by atoms with Gasteiger partial charge in [0.15, 0.2) is 12.0 Å². The topological polar surface area (TPSA) is 15.6 Å². The Morgan fingerprint density at radius 3 is 2.75 bits per heavy atom. The SMILES string of the molecule is CCN(C)Cc1cccc2c1N=C[N+]2(C)C. The molecule has 1 aromatic carbocycles. The first kappa shape index (κ1) is 11.3. The van der Waals surface area contributed by atoms with Crippen molar-refractivity contribution in [3.8, 4) is 0 Å². The third-order valence-corrected chi connectivity index (χ3v) is 3.17. The minimum Gasteiger partial charge on any atom is -0.302 e. The average molecular weight is 218 g/mol. The Morgan fingerprint density at radius 1 is 1.31 bits per heavy atom. The first-order valence-electron chi connectivity index (χ1n) is 5.74. The van der Waals surface area contributed by atoms with Crippen molar-refractivity contribution in [3.05, 3.63) is 23.8 Å². The van der Waals surface area contributed by atoms with Gasteiger partial charge in [0.05, 0.1) is 14.1 Å². The highest BCUT2D eigenvalue weighted by Gasteiger charge is 2.28. The molecule has 3 nitrogen and oxygen atoms in total. The minimum absolute atomic E-state index is 0.749. The molecule has 0 atom stereocenters. The summed E-state index contributed by atoms with van der Waals surface area (Å²) in [6.07, 6.45) is 2.00. The fraction of sp³-hybridized carbons (Fsp3) is 0.462. The Balaban J connectivity index is 2.36. The molecule has 1 heterocycles. The molecule has 1 aliphatic heterocycles. The van der Waals surface area contributed by atoms with E-state index < -0.39 is 0 Å². The molecule has 0 fully saturated rings. The summed E-state index contributed by atoms with van der Waals surface area (Å²) >= 11 is 0. The van der Waals surface area contributed by atoms with Gasteiger partial charge in [-0.1, -0.05) is 19.1 Å². The van der Waals surface area contributed by atoms with Crippen LogP contribution in [0.15, 0.2) is 23.2 Å². The summed E-state index contributed by atoms with van der Waals surface area (Å²) in [5, 5.41) is 0. The van der Waals surface area contributed by atoms with Crippen LogP contribution in [-0.2, 0) is 6.54 Å². The van der Waals surface area contributed by atoms with Gasteiger partial charge in [-0.25, -0.2) is 0 Å². The molecule has 0 radical (unpaired) electrons. The summed E-state index contributed by atoms with van der Waals surface area (Å²) in [5.74, 6) is 0. The molecule has 0 saturated heterocycles. The first-order chi connectivity index (χ1) is 7.54. The molecule has 0 bridgehead atoms. The number of benzene rings is 1. The van der Waals surface area contributed by atoms with Crippen molar-refractivity contribution >= 4 is 17.7 Å². The van der Waals surface area contributed by atoms with E-state index in [0.717, 1.165) is 23.3 Å². The van der Waals surface area contributed by atoms with Gasteiger partial charge in [-0.2, -0.15) is 4.99 Å². The molecular formula is C13H20N3+. The largest absolute Gasteiger partial charge is 0.302 e. The zero-order chi connectivity index (χ0) is 11.8. The number of nitrogens with zero attached hydrogens (tertiary/aromatic N) is 3. The number of hydrogen-bond acceptors (Lipinski definition) is 2. The van der Waals surface area contributed by atoms with Crippen molar-refractivity contribution in [2.45, 2.75) is 13.5 Å². The van der Waals surface area contributed by atoms with Crippen LogP contribution in [0.3, 0.4) is 0 Å². The van der Waals surface area contributed by atoms with Gasteiger partial charge in [0.2, 0.25) is 0 Å². The van der Waals surface area contributed by atoms with Gasteiger partial charge in [-0.05, 0) is 19.2 Å². The summed E-state index contributed by atoms with van der Waals surface area (Å²) in [6.45, 7) is 4.20. The van der Waals surface area contributed by atoms with Crippen LogP contribution in [0.2, 0.25) is 0 Å². The molecule has 3 heteroatoms. The van der Waals surface area contributed by atoms with Crippen molar-refractivity contribution in [1.82, 2.24) is 9.38 Å². The number of aliphatic imine (C=N–C) groups is 1. The van der Waals surface area contributed by atoms with Crippen molar-refractivity contribution < 1.29 is 0 Å². The van der Waals surface area contributed by atoms with E-state index in [-0.39, 0.29) is 0 Å². The molecule has 0 unspecified atom stereocenters. The standard InChI is InChI=1S/C13H20N3/c1-5-15(2)9-11-7-6-8-12-13(11)14-10-16(12,3)4/h6-8,10H,5,9H2,1-4H3/q+1. The molecule has 0 aromatic heterocycles. The van der Waals surface area contributed by atoms with E-state index in [1.807, 2.05) is 6.34 Å². The molecule has 1 aromatic rings. The van der Waals surface area contributed by atoms with E-state index >= 15 is 0 Å². The summed E-state index contributed by atoms with van der Waals surface area (Å²) < 4.78 is 0.749. The van der Waals surface area contributed by atoms with Crippen molar-refractivity contribution in [1.29, 1.82) is 0 Å². The van der Waals surface area contributed by atoms with Crippen molar-refractivity contribution in [3.63, 3.8) is 0 Å². The Bertz CT molecular complexity index is 421. The second-order valence-corrected chi connectivity index (χ2v) is 4.90. The quantitative estimate of drug-likeness (QED) is 0.711. The molecule has 0 saturated carbocycles. The average Bonchev–Trinajstić information content (AvgIpc) is 2.56. The fourth-order valence-electron chi connectivity index (χ4n) is 1.99. The molecule has 0 N–H and O–H groups in total. The molecule has 16 heavy (non-hydrogen) atoms. The summed E-state index contributed by atoms with van der Waals surface area (Å²) in [5.41, 5.74) is 3.77. The van der Waals surface area contributed by atoms with E-state index in [9.17, 15) is 0 Å². The smallest absolute Gasteiger partial charge is 0.195 e.